The van der Waals surface area contributed by atoms with Crippen LogP contribution in [0.1, 0.15) is 29.1 Å². The molecule has 0 N–H and O–H groups in total. The molecule has 0 spiro atoms. The molecular weight excluding hydrogens is 224 g/mol. The van der Waals surface area contributed by atoms with Crippen molar-refractivity contribution in [1.29, 1.82) is 0 Å². The van der Waals surface area contributed by atoms with E-state index < -0.39 is 0 Å². The molecule has 0 aliphatic heterocycles. The zero-order valence-electron chi connectivity index (χ0n) is 10.2. The van der Waals surface area contributed by atoms with Crippen molar-refractivity contribution < 1.29 is 18.7 Å². The fourth-order valence-corrected chi connectivity index (χ4v) is 1.34. The van der Waals surface area contributed by atoms with Crippen molar-refractivity contribution >= 4 is 11.9 Å². The summed E-state index contributed by atoms with van der Waals surface area (Å²) in [6, 6.07) is 0. The lowest BCUT2D eigenvalue weighted by molar-refractivity contribution is -0.140. The predicted octanol–water partition coefficient (Wildman–Crippen LogP) is 1.01. The van der Waals surface area contributed by atoms with E-state index in [9.17, 15) is 9.59 Å². The van der Waals surface area contributed by atoms with Crippen molar-refractivity contribution in [2.45, 2.75) is 19.8 Å². The number of esters is 1. The van der Waals surface area contributed by atoms with Crippen LogP contribution in [0.3, 0.4) is 0 Å². The lowest BCUT2D eigenvalue weighted by Gasteiger charge is -2.15. The minimum Gasteiger partial charge on any atom is -0.469 e. The molecule has 1 aromatic rings. The van der Waals surface area contributed by atoms with E-state index in [1.165, 1.54) is 18.4 Å². The predicted molar refractivity (Wildman–Crippen MR) is 59.5 cm³/mol. The number of amides is 1. The van der Waals surface area contributed by atoms with Crippen molar-refractivity contribution in [3.05, 3.63) is 17.8 Å². The summed E-state index contributed by atoms with van der Waals surface area (Å²) in [6.45, 7) is 2.17. The molecule has 0 radical (unpaired) electrons. The molecular formula is C11H16N2O4. The van der Waals surface area contributed by atoms with Crippen LogP contribution in [0, 0.1) is 6.92 Å². The first-order valence-corrected chi connectivity index (χ1v) is 5.28. The van der Waals surface area contributed by atoms with Crippen molar-refractivity contribution in [2.24, 2.45) is 0 Å². The molecule has 1 heterocycles. The number of nitrogens with zero attached hydrogens (tertiary/aromatic N) is 2. The summed E-state index contributed by atoms with van der Waals surface area (Å²) in [6.07, 6.45) is 2.09. The Balaban J connectivity index is 2.43. The van der Waals surface area contributed by atoms with Gasteiger partial charge < -0.3 is 14.1 Å². The molecule has 6 nitrogen and oxygen atoms in total. The molecule has 1 aromatic heterocycles. The fraction of sp³-hybridized carbons (Fsp3) is 0.545. The van der Waals surface area contributed by atoms with Crippen LogP contribution in [-0.2, 0) is 9.53 Å². The number of methoxy groups -OCH3 is 1. The summed E-state index contributed by atoms with van der Waals surface area (Å²) in [5, 5.41) is 0. The Morgan fingerprint density at radius 3 is 2.76 bits per heavy atom. The van der Waals surface area contributed by atoms with E-state index in [1.54, 1.807) is 14.0 Å². The van der Waals surface area contributed by atoms with Gasteiger partial charge in [0.1, 0.15) is 0 Å². The van der Waals surface area contributed by atoms with Gasteiger partial charge in [-0.25, -0.2) is 4.98 Å². The average molecular weight is 240 g/mol. The van der Waals surface area contributed by atoms with Gasteiger partial charge in [-0.3, -0.25) is 9.59 Å². The molecule has 0 atom stereocenters. The Hall–Kier alpha value is -1.85. The summed E-state index contributed by atoms with van der Waals surface area (Å²) in [5.74, 6) is -0.267. The minimum absolute atomic E-state index is 0.232. The molecule has 0 unspecified atom stereocenters. The van der Waals surface area contributed by atoms with Crippen molar-refractivity contribution in [1.82, 2.24) is 9.88 Å². The Labute approximate surface area is 99.6 Å². The van der Waals surface area contributed by atoms with E-state index in [1.807, 2.05) is 0 Å². The maximum absolute atomic E-state index is 11.8. The summed E-state index contributed by atoms with van der Waals surface area (Å²) in [4.78, 5) is 28.1. The molecule has 17 heavy (non-hydrogen) atoms. The molecule has 0 saturated heterocycles. The van der Waals surface area contributed by atoms with Gasteiger partial charge in [-0.1, -0.05) is 0 Å². The van der Waals surface area contributed by atoms with Gasteiger partial charge in [0, 0.05) is 20.0 Å². The third-order valence-corrected chi connectivity index (χ3v) is 2.39. The number of aromatic nitrogens is 1. The van der Waals surface area contributed by atoms with Crippen LogP contribution in [0.25, 0.3) is 0 Å². The number of carbonyl (C=O) groups excluding carboxylic acids is 2. The standard InChI is InChI=1S/C11H16N2O4/c1-8-10(17-7-12-8)11(15)13(2)6-4-5-9(14)16-3/h7H,4-6H2,1-3H3. The Bertz CT molecular complexity index is 400. The molecule has 0 aromatic carbocycles. The zero-order chi connectivity index (χ0) is 12.8. The van der Waals surface area contributed by atoms with Crippen LogP contribution in [0.4, 0.5) is 0 Å². The van der Waals surface area contributed by atoms with Gasteiger partial charge in [0.15, 0.2) is 6.39 Å². The highest BCUT2D eigenvalue weighted by molar-refractivity contribution is 5.92. The van der Waals surface area contributed by atoms with Crippen molar-refractivity contribution in [3.63, 3.8) is 0 Å². The maximum atomic E-state index is 11.8. The summed E-state index contributed by atoms with van der Waals surface area (Å²) < 4.78 is 9.51. The average Bonchev–Trinajstić information content (AvgIpc) is 2.74. The number of oxazole rings is 1. The Morgan fingerprint density at radius 2 is 2.24 bits per heavy atom. The lowest BCUT2D eigenvalue weighted by Crippen LogP contribution is -2.28. The number of hydrogen-bond donors (Lipinski definition) is 0. The fourth-order valence-electron chi connectivity index (χ4n) is 1.34. The number of rotatable bonds is 5. The first-order chi connectivity index (χ1) is 8.06. The smallest absolute Gasteiger partial charge is 0.305 e. The summed E-state index contributed by atoms with van der Waals surface area (Å²) in [7, 11) is 3.00. The third-order valence-electron chi connectivity index (χ3n) is 2.39. The number of ether oxygens (including phenoxy) is 1. The molecule has 0 fully saturated rings. The van der Waals surface area contributed by atoms with Gasteiger partial charge in [0.25, 0.3) is 5.91 Å². The summed E-state index contributed by atoms with van der Waals surface area (Å²) in [5.41, 5.74) is 0.565. The van der Waals surface area contributed by atoms with Gasteiger partial charge in [-0.05, 0) is 13.3 Å². The molecule has 6 heteroatoms. The van der Waals surface area contributed by atoms with E-state index in [2.05, 4.69) is 9.72 Å². The Morgan fingerprint density at radius 1 is 1.53 bits per heavy atom. The van der Waals surface area contributed by atoms with Crippen molar-refractivity contribution in [2.75, 3.05) is 20.7 Å². The van der Waals surface area contributed by atoms with Crippen LogP contribution in [0.5, 0.6) is 0 Å². The Kier molecular flexibility index (Phi) is 4.68. The topological polar surface area (TPSA) is 72.6 Å². The molecule has 0 aliphatic rings. The van der Waals surface area contributed by atoms with E-state index in [0.29, 0.717) is 25.1 Å². The molecule has 0 saturated carbocycles. The van der Waals surface area contributed by atoms with Gasteiger partial charge in [-0.2, -0.15) is 0 Å². The first-order valence-electron chi connectivity index (χ1n) is 5.28. The van der Waals surface area contributed by atoms with E-state index in [-0.39, 0.29) is 17.6 Å². The highest BCUT2D eigenvalue weighted by Gasteiger charge is 2.18. The second kappa shape index (κ2) is 6.03. The second-order valence-corrected chi connectivity index (χ2v) is 3.67. The second-order valence-electron chi connectivity index (χ2n) is 3.67. The largest absolute Gasteiger partial charge is 0.469 e. The van der Waals surface area contributed by atoms with Gasteiger partial charge >= 0.3 is 5.97 Å². The van der Waals surface area contributed by atoms with Crippen LogP contribution in [-0.4, -0.2) is 42.5 Å². The monoisotopic (exact) mass is 240 g/mol. The molecule has 0 bridgehead atoms. The van der Waals surface area contributed by atoms with E-state index >= 15 is 0 Å². The van der Waals surface area contributed by atoms with Gasteiger partial charge in [-0.15, -0.1) is 0 Å². The zero-order valence-corrected chi connectivity index (χ0v) is 10.2. The molecule has 0 aliphatic carbocycles. The number of carbonyl (C=O) groups is 2. The third kappa shape index (κ3) is 3.58. The summed E-state index contributed by atoms with van der Waals surface area (Å²) >= 11 is 0. The normalized spacial score (nSPS) is 10.1. The SMILES string of the molecule is COC(=O)CCCN(C)C(=O)c1ocnc1C. The highest BCUT2D eigenvalue weighted by Crippen LogP contribution is 2.08. The molecule has 1 amide bonds. The van der Waals surface area contributed by atoms with Gasteiger partial charge in [0.05, 0.1) is 12.8 Å². The van der Waals surface area contributed by atoms with Crippen molar-refractivity contribution in [3.8, 4) is 0 Å². The van der Waals surface area contributed by atoms with Crippen LogP contribution >= 0.6 is 0 Å². The van der Waals surface area contributed by atoms with E-state index in [0.717, 1.165) is 0 Å². The number of aryl methyl sites for hydroxylation is 1. The molecule has 94 valence electrons. The van der Waals surface area contributed by atoms with E-state index in [4.69, 9.17) is 4.42 Å². The molecule has 1 rings (SSSR count). The maximum Gasteiger partial charge on any atom is 0.305 e. The lowest BCUT2D eigenvalue weighted by atomic mass is 10.2. The van der Waals surface area contributed by atoms with Gasteiger partial charge in [0.2, 0.25) is 5.76 Å². The van der Waals surface area contributed by atoms with Crippen LogP contribution < -0.4 is 0 Å². The number of hydrogen-bond acceptors (Lipinski definition) is 5. The minimum atomic E-state index is -0.276. The first kappa shape index (κ1) is 13.2. The highest BCUT2D eigenvalue weighted by atomic mass is 16.5. The van der Waals surface area contributed by atoms with Crippen LogP contribution in [0.15, 0.2) is 10.8 Å². The quantitative estimate of drug-likeness (QED) is 0.718. The van der Waals surface area contributed by atoms with Crippen LogP contribution in [0.2, 0.25) is 0 Å².